The number of nitrogens with zero attached hydrogens (tertiary/aromatic N) is 2. The van der Waals surface area contributed by atoms with E-state index in [2.05, 4.69) is 9.88 Å². The van der Waals surface area contributed by atoms with Crippen LogP contribution in [-0.2, 0) is 0 Å². The summed E-state index contributed by atoms with van der Waals surface area (Å²) in [6, 6.07) is 7.72. The largest absolute Gasteiger partial charge is 0.493 e. The smallest absolute Gasteiger partial charge is 0.203 e. The zero-order valence-corrected chi connectivity index (χ0v) is 17.1. The van der Waals surface area contributed by atoms with Crippen LogP contribution in [0, 0.1) is 5.92 Å². The Morgan fingerprint density at radius 2 is 1.90 bits per heavy atom. The summed E-state index contributed by atoms with van der Waals surface area (Å²) in [5.74, 6) is 2.92. The summed E-state index contributed by atoms with van der Waals surface area (Å²) in [7, 11) is 4.79. The molecule has 0 radical (unpaired) electrons. The molecule has 0 bridgehead atoms. The number of aromatic nitrogens is 1. The van der Waals surface area contributed by atoms with Crippen molar-refractivity contribution < 1.29 is 18.6 Å². The average molecular weight is 397 g/mol. The lowest BCUT2D eigenvalue weighted by Gasteiger charge is -2.33. The molecular formula is C22H27N3O4. The number of ether oxygens (including phenoxy) is 3. The number of nitrogens with two attached hydrogens (primary N) is 1. The quantitative estimate of drug-likeness (QED) is 0.679. The molecule has 1 fully saturated rings. The van der Waals surface area contributed by atoms with Crippen LogP contribution in [0.2, 0.25) is 0 Å². The van der Waals surface area contributed by atoms with E-state index in [0.717, 1.165) is 41.9 Å². The highest BCUT2D eigenvalue weighted by molar-refractivity contribution is 5.90. The Hall–Kier alpha value is -2.93. The second-order valence-corrected chi connectivity index (χ2v) is 7.26. The number of pyridine rings is 1. The van der Waals surface area contributed by atoms with Crippen LogP contribution in [0.3, 0.4) is 0 Å². The summed E-state index contributed by atoms with van der Waals surface area (Å²) >= 11 is 0. The van der Waals surface area contributed by atoms with Gasteiger partial charge in [0.05, 0.1) is 27.0 Å². The normalized spacial score (nSPS) is 16.8. The maximum atomic E-state index is 6.29. The van der Waals surface area contributed by atoms with Gasteiger partial charge >= 0.3 is 0 Å². The standard InChI is InChI=1S/C22H27N3O4/c1-26-19-9-15(10-20(27-2)22(19)28-3)18-11-16-21(29-18)17(6-7-24-16)25-8-4-5-14(12-23)13-25/h6-7,9-11,14H,4-5,8,12-13,23H2,1-3H3. The van der Waals surface area contributed by atoms with Crippen LogP contribution < -0.4 is 24.8 Å². The van der Waals surface area contributed by atoms with E-state index in [-0.39, 0.29) is 0 Å². The Morgan fingerprint density at radius 3 is 2.55 bits per heavy atom. The molecule has 1 unspecified atom stereocenters. The first-order valence-corrected chi connectivity index (χ1v) is 9.82. The molecule has 0 saturated carbocycles. The van der Waals surface area contributed by atoms with E-state index in [4.69, 9.17) is 24.4 Å². The molecule has 2 N–H and O–H groups in total. The molecule has 0 spiro atoms. The van der Waals surface area contributed by atoms with E-state index in [1.54, 1.807) is 21.3 Å². The van der Waals surface area contributed by atoms with Crippen molar-refractivity contribution >= 4 is 16.8 Å². The van der Waals surface area contributed by atoms with E-state index in [9.17, 15) is 0 Å². The summed E-state index contributed by atoms with van der Waals surface area (Å²) in [4.78, 5) is 6.86. The lowest BCUT2D eigenvalue weighted by molar-refractivity contribution is 0.324. The van der Waals surface area contributed by atoms with Crippen LogP contribution in [0.4, 0.5) is 5.69 Å². The van der Waals surface area contributed by atoms with Crippen molar-refractivity contribution in [3.8, 4) is 28.6 Å². The monoisotopic (exact) mass is 397 g/mol. The summed E-state index contributed by atoms with van der Waals surface area (Å²) < 4.78 is 22.7. The number of furan rings is 1. The first-order valence-electron chi connectivity index (χ1n) is 9.82. The minimum absolute atomic E-state index is 0.511. The molecule has 29 heavy (non-hydrogen) atoms. The van der Waals surface area contributed by atoms with Crippen LogP contribution in [0.5, 0.6) is 17.2 Å². The molecule has 0 amide bonds. The van der Waals surface area contributed by atoms with Crippen molar-refractivity contribution in [1.82, 2.24) is 4.98 Å². The summed E-state index contributed by atoms with van der Waals surface area (Å²) in [6.07, 6.45) is 4.14. The molecule has 1 atom stereocenters. The number of methoxy groups -OCH3 is 3. The van der Waals surface area contributed by atoms with E-state index in [1.807, 2.05) is 30.5 Å². The van der Waals surface area contributed by atoms with Crippen LogP contribution >= 0.6 is 0 Å². The van der Waals surface area contributed by atoms with Crippen LogP contribution in [0.25, 0.3) is 22.4 Å². The highest BCUT2D eigenvalue weighted by Crippen LogP contribution is 2.43. The number of fused-ring (bicyclic) bond motifs is 1. The molecular weight excluding hydrogens is 370 g/mol. The van der Waals surface area contributed by atoms with Crippen molar-refractivity contribution in [2.45, 2.75) is 12.8 Å². The number of hydrogen-bond donors (Lipinski definition) is 1. The molecule has 4 rings (SSSR count). The summed E-state index contributed by atoms with van der Waals surface area (Å²) in [6.45, 7) is 2.64. The molecule has 1 aliphatic rings. The Bertz CT molecular complexity index is 976. The van der Waals surface area contributed by atoms with Gasteiger partial charge in [0.1, 0.15) is 11.3 Å². The Morgan fingerprint density at radius 1 is 1.14 bits per heavy atom. The molecule has 7 heteroatoms. The third-order valence-electron chi connectivity index (χ3n) is 5.53. The lowest BCUT2D eigenvalue weighted by atomic mass is 9.98. The SMILES string of the molecule is COc1cc(-c2cc3nccc(N4CCCC(CN)C4)c3o2)cc(OC)c1OC. The zero-order valence-electron chi connectivity index (χ0n) is 17.1. The number of piperidine rings is 1. The molecule has 2 aromatic heterocycles. The van der Waals surface area contributed by atoms with Crippen molar-refractivity contribution in [2.75, 3.05) is 45.9 Å². The number of benzene rings is 1. The fourth-order valence-corrected chi connectivity index (χ4v) is 4.02. The van der Waals surface area contributed by atoms with Gasteiger partial charge in [0.25, 0.3) is 0 Å². The van der Waals surface area contributed by atoms with Crippen molar-refractivity contribution in [1.29, 1.82) is 0 Å². The van der Waals surface area contributed by atoms with Crippen molar-refractivity contribution in [3.05, 3.63) is 30.5 Å². The molecule has 0 aliphatic carbocycles. The fraction of sp³-hybridized carbons (Fsp3) is 0.409. The van der Waals surface area contributed by atoms with Crippen LogP contribution in [0.15, 0.2) is 34.9 Å². The zero-order chi connectivity index (χ0) is 20.4. The first-order chi connectivity index (χ1) is 14.2. The van der Waals surface area contributed by atoms with Crippen LogP contribution in [-0.4, -0.2) is 45.9 Å². The van der Waals surface area contributed by atoms with E-state index in [1.165, 1.54) is 6.42 Å². The average Bonchev–Trinajstić information content (AvgIpc) is 3.22. The Balaban J connectivity index is 1.77. The van der Waals surface area contributed by atoms with Gasteiger partial charge < -0.3 is 29.3 Å². The highest BCUT2D eigenvalue weighted by atomic mass is 16.5. The highest BCUT2D eigenvalue weighted by Gasteiger charge is 2.23. The number of rotatable bonds is 6. The summed E-state index contributed by atoms with van der Waals surface area (Å²) in [5, 5.41) is 0. The predicted molar refractivity (Wildman–Crippen MR) is 113 cm³/mol. The maximum absolute atomic E-state index is 6.29. The topological polar surface area (TPSA) is 83.0 Å². The third kappa shape index (κ3) is 3.58. The van der Waals surface area contributed by atoms with Gasteiger partial charge in [-0.05, 0) is 43.5 Å². The van der Waals surface area contributed by atoms with Gasteiger partial charge in [-0.25, -0.2) is 0 Å². The maximum Gasteiger partial charge on any atom is 0.203 e. The van der Waals surface area contributed by atoms with E-state index >= 15 is 0 Å². The van der Waals surface area contributed by atoms with Gasteiger partial charge in [0.15, 0.2) is 17.1 Å². The van der Waals surface area contributed by atoms with Gasteiger partial charge in [-0.3, -0.25) is 4.98 Å². The first kappa shape index (κ1) is 19.4. The van der Waals surface area contributed by atoms with Gasteiger partial charge in [0.2, 0.25) is 5.75 Å². The van der Waals surface area contributed by atoms with E-state index in [0.29, 0.717) is 35.5 Å². The second kappa shape index (κ2) is 8.21. The molecule has 1 saturated heterocycles. The van der Waals surface area contributed by atoms with E-state index < -0.39 is 0 Å². The number of hydrogen-bond acceptors (Lipinski definition) is 7. The van der Waals surface area contributed by atoms with Gasteiger partial charge in [-0.1, -0.05) is 0 Å². The Labute approximate surface area is 170 Å². The molecule has 3 aromatic rings. The van der Waals surface area contributed by atoms with Crippen molar-refractivity contribution in [2.24, 2.45) is 11.7 Å². The molecule has 1 aliphatic heterocycles. The molecule has 1 aromatic carbocycles. The minimum Gasteiger partial charge on any atom is -0.493 e. The van der Waals surface area contributed by atoms with Crippen LogP contribution in [0.1, 0.15) is 12.8 Å². The van der Waals surface area contributed by atoms with Gasteiger partial charge in [-0.2, -0.15) is 0 Å². The second-order valence-electron chi connectivity index (χ2n) is 7.26. The molecule has 3 heterocycles. The fourth-order valence-electron chi connectivity index (χ4n) is 4.02. The van der Waals surface area contributed by atoms with Gasteiger partial charge in [0, 0.05) is 30.9 Å². The third-order valence-corrected chi connectivity index (χ3v) is 5.53. The molecule has 154 valence electrons. The predicted octanol–water partition coefficient (Wildman–Crippen LogP) is 3.70. The molecule has 7 nitrogen and oxygen atoms in total. The number of anilines is 1. The summed E-state index contributed by atoms with van der Waals surface area (Å²) in [5.41, 5.74) is 9.42. The van der Waals surface area contributed by atoms with Crippen molar-refractivity contribution in [3.63, 3.8) is 0 Å². The Kier molecular flexibility index (Phi) is 5.49. The minimum atomic E-state index is 0.511. The van der Waals surface area contributed by atoms with Gasteiger partial charge in [-0.15, -0.1) is 0 Å². The lowest BCUT2D eigenvalue weighted by Crippen LogP contribution is -2.38.